The fourth-order valence-corrected chi connectivity index (χ4v) is 3.49. The maximum absolute atomic E-state index is 6.20. The highest BCUT2D eigenvalue weighted by atomic mass is 35.5. The summed E-state index contributed by atoms with van der Waals surface area (Å²) in [5.74, 6) is 1.76. The summed E-state index contributed by atoms with van der Waals surface area (Å²) in [6, 6.07) is 0. The van der Waals surface area contributed by atoms with Gasteiger partial charge in [-0.05, 0) is 50.4 Å². The molecule has 0 bridgehead atoms. The Morgan fingerprint density at radius 2 is 1.42 bits per heavy atom. The van der Waals surface area contributed by atoms with E-state index < -0.39 is 0 Å². The first-order valence-corrected chi connectivity index (χ1v) is 5.64. The van der Waals surface area contributed by atoms with Crippen LogP contribution in [0, 0.1) is 11.8 Å². The van der Waals surface area contributed by atoms with Crippen LogP contribution in [0.2, 0.25) is 0 Å². The summed E-state index contributed by atoms with van der Waals surface area (Å²) in [5.41, 5.74) is 3.59. The minimum absolute atomic E-state index is 0.538. The van der Waals surface area contributed by atoms with Gasteiger partial charge in [-0.25, -0.2) is 0 Å². The molecule has 3 rings (SSSR count). The minimum atomic E-state index is 0.538. The molecule has 1 saturated carbocycles. The molecular weight excluding hydrogens is 168 g/mol. The monoisotopic (exact) mass is 182 g/mol. The number of allylic oxidation sites excluding steroid dienone is 2. The molecule has 0 N–H and O–H groups in total. The highest BCUT2D eigenvalue weighted by Crippen LogP contribution is 2.56. The second-order valence-corrected chi connectivity index (χ2v) is 5.10. The smallest absolute Gasteiger partial charge is 0.0405 e. The molecule has 1 fully saturated rings. The molecule has 0 aromatic rings. The van der Waals surface area contributed by atoms with Gasteiger partial charge in [-0.3, -0.25) is 0 Å². The van der Waals surface area contributed by atoms with Crippen LogP contribution < -0.4 is 0 Å². The molecule has 3 aliphatic rings. The molecule has 0 heterocycles. The molecule has 0 spiro atoms. The lowest BCUT2D eigenvalue weighted by Crippen LogP contribution is -2.06. The van der Waals surface area contributed by atoms with Crippen molar-refractivity contribution in [2.45, 2.75) is 43.9 Å². The zero-order chi connectivity index (χ0) is 8.13. The Balaban J connectivity index is 1.83. The lowest BCUT2D eigenvalue weighted by Gasteiger charge is -2.23. The summed E-state index contributed by atoms with van der Waals surface area (Å²) in [6.45, 7) is 0. The van der Waals surface area contributed by atoms with Gasteiger partial charge in [-0.1, -0.05) is 11.1 Å². The molecule has 0 saturated heterocycles. The van der Waals surface area contributed by atoms with Crippen molar-refractivity contribution >= 4 is 11.6 Å². The van der Waals surface area contributed by atoms with E-state index in [2.05, 4.69) is 0 Å². The Labute approximate surface area is 79.0 Å². The van der Waals surface area contributed by atoms with E-state index in [1.807, 2.05) is 0 Å². The van der Waals surface area contributed by atoms with Crippen LogP contribution in [0.25, 0.3) is 0 Å². The van der Waals surface area contributed by atoms with E-state index in [1.165, 1.54) is 38.5 Å². The molecule has 2 atom stereocenters. The van der Waals surface area contributed by atoms with Gasteiger partial charge in [0.15, 0.2) is 0 Å². The lowest BCUT2D eigenvalue weighted by molar-refractivity contribution is 0.541. The van der Waals surface area contributed by atoms with E-state index in [1.54, 1.807) is 11.1 Å². The average molecular weight is 183 g/mol. The van der Waals surface area contributed by atoms with Crippen molar-refractivity contribution in [1.82, 2.24) is 0 Å². The predicted octanol–water partition coefficient (Wildman–Crippen LogP) is 3.50. The van der Waals surface area contributed by atoms with E-state index in [9.17, 15) is 0 Å². The highest BCUT2D eigenvalue weighted by Gasteiger charge is 2.51. The molecule has 12 heavy (non-hydrogen) atoms. The molecule has 2 unspecified atom stereocenters. The number of hydrogen-bond acceptors (Lipinski definition) is 0. The first kappa shape index (κ1) is 7.44. The molecule has 0 aliphatic heterocycles. The number of hydrogen-bond donors (Lipinski definition) is 0. The first-order chi connectivity index (χ1) is 5.86. The van der Waals surface area contributed by atoms with E-state index in [0.29, 0.717) is 5.38 Å². The number of fused-ring (bicyclic) bond motifs is 1. The van der Waals surface area contributed by atoms with Gasteiger partial charge in [0.2, 0.25) is 0 Å². The van der Waals surface area contributed by atoms with Gasteiger partial charge in [0.05, 0.1) is 0 Å². The van der Waals surface area contributed by atoms with Crippen molar-refractivity contribution in [2.75, 3.05) is 0 Å². The van der Waals surface area contributed by atoms with Gasteiger partial charge in [-0.15, -0.1) is 11.6 Å². The van der Waals surface area contributed by atoms with Crippen LogP contribution in [-0.4, -0.2) is 5.38 Å². The molecule has 1 heteroatoms. The van der Waals surface area contributed by atoms with Crippen molar-refractivity contribution < 1.29 is 0 Å². The topological polar surface area (TPSA) is 0 Å². The van der Waals surface area contributed by atoms with E-state index >= 15 is 0 Å². The van der Waals surface area contributed by atoms with Crippen molar-refractivity contribution in [1.29, 1.82) is 0 Å². The molecule has 0 amide bonds. The van der Waals surface area contributed by atoms with Gasteiger partial charge >= 0.3 is 0 Å². The first-order valence-electron chi connectivity index (χ1n) is 5.20. The van der Waals surface area contributed by atoms with Crippen molar-refractivity contribution in [3.63, 3.8) is 0 Å². The van der Waals surface area contributed by atoms with Gasteiger partial charge in [0.25, 0.3) is 0 Å². The van der Waals surface area contributed by atoms with Crippen LogP contribution in [0.5, 0.6) is 0 Å². The summed E-state index contributed by atoms with van der Waals surface area (Å²) < 4.78 is 0. The summed E-state index contributed by atoms with van der Waals surface area (Å²) in [4.78, 5) is 0. The zero-order valence-electron chi connectivity index (χ0n) is 7.35. The highest BCUT2D eigenvalue weighted by molar-refractivity contribution is 6.23. The third-order valence-electron chi connectivity index (χ3n) is 3.90. The van der Waals surface area contributed by atoms with Gasteiger partial charge in [0, 0.05) is 5.38 Å². The van der Waals surface area contributed by atoms with Crippen LogP contribution in [0.3, 0.4) is 0 Å². The maximum atomic E-state index is 6.20. The van der Waals surface area contributed by atoms with Gasteiger partial charge < -0.3 is 0 Å². The third-order valence-corrected chi connectivity index (χ3v) is 4.55. The standard InChI is InChI=1S/C11H15Cl/c12-11-9-5-7-3-1-2-4-8(7)6-10(9)11/h9-11H,1-6H2. The second-order valence-electron chi connectivity index (χ2n) is 4.59. The summed E-state index contributed by atoms with van der Waals surface area (Å²) >= 11 is 6.20. The van der Waals surface area contributed by atoms with Gasteiger partial charge in [0.1, 0.15) is 0 Å². The Kier molecular flexibility index (Phi) is 1.55. The van der Waals surface area contributed by atoms with Crippen LogP contribution in [0.4, 0.5) is 0 Å². The Morgan fingerprint density at radius 3 is 1.92 bits per heavy atom. The molecule has 0 nitrogen and oxygen atoms in total. The number of rotatable bonds is 0. The van der Waals surface area contributed by atoms with Gasteiger partial charge in [-0.2, -0.15) is 0 Å². The SMILES string of the molecule is ClC1C2CC3=C(CCCC3)CC12. The Bertz CT molecular complexity index is 217. The lowest BCUT2D eigenvalue weighted by atomic mass is 9.82. The molecule has 3 aliphatic carbocycles. The zero-order valence-corrected chi connectivity index (χ0v) is 8.11. The van der Waals surface area contributed by atoms with Crippen molar-refractivity contribution in [3.05, 3.63) is 11.1 Å². The Hall–Kier alpha value is 0.0300. The van der Waals surface area contributed by atoms with Crippen LogP contribution in [0.1, 0.15) is 38.5 Å². The number of alkyl halides is 1. The minimum Gasteiger partial charge on any atom is -0.122 e. The molecule has 0 aromatic heterocycles. The fourth-order valence-electron chi connectivity index (χ4n) is 3.02. The molecular formula is C11H15Cl. The maximum Gasteiger partial charge on any atom is 0.0405 e. The third kappa shape index (κ3) is 0.970. The number of halogens is 1. The summed E-state index contributed by atoms with van der Waals surface area (Å²) in [6.07, 6.45) is 8.36. The molecule has 0 radical (unpaired) electrons. The van der Waals surface area contributed by atoms with E-state index in [4.69, 9.17) is 11.6 Å². The largest absolute Gasteiger partial charge is 0.122 e. The second kappa shape index (κ2) is 2.51. The van der Waals surface area contributed by atoms with Crippen LogP contribution >= 0.6 is 11.6 Å². The molecule has 66 valence electrons. The Morgan fingerprint density at radius 1 is 0.917 bits per heavy atom. The fraction of sp³-hybridized carbons (Fsp3) is 0.818. The summed E-state index contributed by atoms with van der Waals surface area (Å²) in [7, 11) is 0. The van der Waals surface area contributed by atoms with E-state index in [-0.39, 0.29) is 0 Å². The summed E-state index contributed by atoms with van der Waals surface area (Å²) in [5, 5.41) is 0.538. The average Bonchev–Trinajstić information content (AvgIpc) is 2.74. The van der Waals surface area contributed by atoms with Crippen molar-refractivity contribution in [2.24, 2.45) is 11.8 Å². The van der Waals surface area contributed by atoms with Crippen molar-refractivity contribution in [3.8, 4) is 0 Å². The van der Waals surface area contributed by atoms with Crippen LogP contribution in [-0.2, 0) is 0 Å². The quantitative estimate of drug-likeness (QED) is 0.397. The molecule has 0 aromatic carbocycles. The van der Waals surface area contributed by atoms with Crippen LogP contribution in [0.15, 0.2) is 11.1 Å². The normalized spacial score (nSPS) is 45.2. The predicted molar refractivity (Wildman–Crippen MR) is 51.3 cm³/mol. The van der Waals surface area contributed by atoms with E-state index in [0.717, 1.165) is 11.8 Å².